The molecule has 3 rings (SSSR count). The van der Waals surface area contributed by atoms with Gasteiger partial charge in [-0.05, 0) is 42.8 Å². The van der Waals surface area contributed by atoms with Gasteiger partial charge in [-0.1, -0.05) is 34.4 Å². The van der Waals surface area contributed by atoms with E-state index in [1.807, 2.05) is 0 Å². The number of hydrogen-bond donors (Lipinski definition) is 1. The zero-order valence-electron chi connectivity index (χ0n) is 17.3. The Bertz CT molecular complexity index is 1080. The number of nitrogens with zero attached hydrogens (tertiary/aromatic N) is 1. The van der Waals surface area contributed by atoms with Gasteiger partial charge in [0, 0.05) is 12.0 Å². The third-order valence-corrected chi connectivity index (χ3v) is 5.04. The second-order valence-corrected chi connectivity index (χ2v) is 7.31. The highest BCUT2D eigenvalue weighted by molar-refractivity contribution is 6.39. The topological polar surface area (TPSA) is 99.9 Å². The van der Waals surface area contributed by atoms with Crippen LogP contribution < -0.4 is 14.8 Å². The number of benzene rings is 2. The van der Waals surface area contributed by atoms with E-state index in [9.17, 15) is 9.59 Å². The number of nitrogens with one attached hydrogen (secondary N) is 1. The first kappa shape index (κ1) is 23.4. The number of hydrogen-bond acceptors (Lipinski definition) is 7. The predicted molar refractivity (Wildman–Crippen MR) is 120 cm³/mol. The Morgan fingerprint density at radius 3 is 2.31 bits per heavy atom. The Morgan fingerprint density at radius 2 is 1.69 bits per heavy atom. The highest BCUT2D eigenvalue weighted by atomic mass is 35.5. The number of methoxy groups -OCH3 is 2. The zero-order valence-corrected chi connectivity index (χ0v) is 18.8. The second-order valence-electron chi connectivity index (χ2n) is 6.50. The molecule has 0 spiro atoms. The van der Waals surface area contributed by atoms with Gasteiger partial charge in [0.25, 0.3) is 0 Å². The van der Waals surface area contributed by atoms with Crippen LogP contribution in [0.5, 0.6) is 11.5 Å². The molecule has 1 aromatic heterocycles. The summed E-state index contributed by atoms with van der Waals surface area (Å²) in [6.45, 7) is 0.320. The van der Waals surface area contributed by atoms with E-state index in [0.29, 0.717) is 24.3 Å². The number of anilines is 1. The lowest BCUT2D eigenvalue weighted by Gasteiger charge is -2.08. The van der Waals surface area contributed by atoms with E-state index in [1.165, 1.54) is 7.11 Å². The molecule has 32 heavy (non-hydrogen) atoms. The lowest BCUT2D eigenvalue weighted by atomic mass is 10.1. The van der Waals surface area contributed by atoms with Crippen molar-refractivity contribution in [3.05, 3.63) is 58.1 Å². The fourth-order valence-electron chi connectivity index (χ4n) is 2.85. The smallest absolute Gasteiger partial charge is 0.345 e. The molecule has 0 bridgehead atoms. The van der Waals surface area contributed by atoms with E-state index in [1.54, 1.807) is 49.6 Å². The van der Waals surface area contributed by atoms with E-state index in [-0.39, 0.29) is 39.5 Å². The molecule has 8 nitrogen and oxygen atoms in total. The standard InChI is InChI=1S/C22H20Cl2N2O6/c1-29-13-8-10-14(11-9-13)31-12-4-7-17(27)25-21-19(22(28)30-2)20(26-32-21)18-15(23)5-3-6-16(18)24/h3,5-6,8-11H,4,7,12H2,1-2H3,(H,25,27). The van der Waals surface area contributed by atoms with Gasteiger partial charge in [-0.2, -0.15) is 0 Å². The zero-order chi connectivity index (χ0) is 23.1. The maximum atomic E-state index is 12.4. The van der Waals surface area contributed by atoms with Crippen molar-refractivity contribution in [3.63, 3.8) is 0 Å². The van der Waals surface area contributed by atoms with Crippen molar-refractivity contribution in [1.82, 2.24) is 5.16 Å². The minimum Gasteiger partial charge on any atom is -0.497 e. The van der Waals surface area contributed by atoms with Crippen LogP contribution in [0.25, 0.3) is 11.3 Å². The average molecular weight is 479 g/mol. The van der Waals surface area contributed by atoms with Gasteiger partial charge in [0.15, 0.2) is 5.56 Å². The van der Waals surface area contributed by atoms with Crippen LogP contribution in [-0.4, -0.2) is 37.9 Å². The molecule has 1 amide bonds. The van der Waals surface area contributed by atoms with Crippen LogP contribution in [0.2, 0.25) is 10.0 Å². The van der Waals surface area contributed by atoms with Gasteiger partial charge in [0.1, 0.15) is 17.2 Å². The molecule has 0 saturated carbocycles. The minimum absolute atomic E-state index is 0.0746. The molecule has 2 aromatic carbocycles. The number of ether oxygens (including phenoxy) is 3. The quantitative estimate of drug-likeness (QED) is 0.331. The largest absolute Gasteiger partial charge is 0.497 e. The Labute approximate surface area is 194 Å². The number of carbonyl (C=O) groups excluding carboxylic acids is 2. The summed E-state index contributed by atoms with van der Waals surface area (Å²) in [5.74, 6) is 0.0963. The summed E-state index contributed by atoms with van der Waals surface area (Å²) in [5, 5.41) is 6.96. The van der Waals surface area contributed by atoms with Crippen molar-refractivity contribution in [3.8, 4) is 22.8 Å². The monoisotopic (exact) mass is 478 g/mol. The Kier molecular flexibility index (Phi) is 7.97. The van der Waals surface area contributed by atoms with Crippen LogP contribution in [-0.2, 0) is 9.53 Å². The molecule has 1 heterocycles. The first-order valence-corrected chi connectivity index (χ1v) is 10.3. The number of esters is 1. The van der Waals surface area contributed by atoms with Gasteiger partial charge in [-0.3, -0.25) is 10.1 Å². The van der Waals surface area contributed by atoms with Gasteiger partial charge in [0.05, 0.1) is 30.9 Å². The predicted octanol–water partition coefficient (Wildman–Crippen LogP) is 5.24. The maximum Gasteiger partial charge on any atom is 0.345 e. The Hall–Kier alpha value is -3.23. The molecule has 0 aliphatic carbocycles. The third kappa shape index (κ3) is 5.52. The fourth-order valence-corrected chi connectivity index (χ4v) is 3.42. The first-order chi connectivity index (χ1) is 15.4. The first-order valence-electron chi connectivity index (χ1n) is 9.53. The third-order valence-electron chi connectivity index (χ3n) is 4.41. The second kappa shape index (κ2) is 10.9. The fraction of sp³-hybridized carbons (Fsp3) is 0.227. The summed E-state index contributed by atoms with van der Waals surface area (Å²) in [4.78, 5) is 24.7. The molecular weight excluding hydrogens is 459 g/mol. The van der Waals surface area contributed by atoms with Crippen molar-refractivity contribution in [1.29, 1.82) is 0 Å². The average Bonchev–Trinajstić information content (AvgIpc) is 3.19. The van der Waals surface area contributed by atoms with Gasteiger partial charge in [-0.15, -0.1) is 0 Å². The van der Waals surface area contributed by atoms with Crippen LogP contribution in [0, 0.1) is 0 Å². The van der Waals surface area contributed by atoms with E-state index < -0.39 is 5.97 Å². The molecule has 1 N–H and O–H groups in total. The minimum atomic E-state index is -0.754. The molecule has 0 saturated heterocycles. The van der Waals surface area contributed by atoms with Crippen molar-refractivity contribution < 1.29 is 28.3 Å². The lowest BCUT2D eigenvalue weighted by molar-refractivity contribution is -0.116. The molecule has 0 fully saturated rings. The molecule has 0 radical (unpaired) electrons. The summed E-state index contributed by atoms with van der Waals surface area (Å²) in [7, 11) is 2.79. The highest BCUT2D eigenvalue weighted by Crippen LogP contribution is 2.38. The molecule has 0 aliphatic heterocycles. The molecule has 0 unspecified atom stereocenters. The van der Waals surface area contributed by atoms with Gasteiger partial charge >= 0.3 is 5.97 Å². The maximum absolute atomic E-state index is 12.4. The highest BCUT2D eigenvalue weighted by Gasteiger charge is 2.28. The summed E-state index contributed by atoms with van der Waals surface area (Å²) in [6.07, 6.45) is 0.558. The van der Waals surface area contributed by atoms with Crippen molar-refractivity contribution in [2.75, 3.05) is 26.1 Å². The van der Waals surface area contributed by atoms with Gasteiger partial charge < -0.3 is 18.7 Å². The number of rotatable bonds is 9. The van der Waals surface area contributed by atoms with Crippen LogP contribution in [0.1, 0.15) is 23.2 Å². The Morgan fingerprint density at radius 1 is 1.03 bits per heavy atom. The summed E-state index contributed by atoms with van der Waals surface area (Å²) in [5.41, 5.74) is 0.296. The van der Waals surface area contributed by atoms with Crippen LogP contribution in [0.4, 0.5) is 5.88 Å². The number of amides is 1. The van der Waals surface area contributed by atoms with E-state index in [2.05, 4.69) is 10.5 Å². The molecule has 10 heteroatoms. The van der Waals surface area contributed by atoms with E-state index in [0.717, 1.165) is 5.75 Å². The van der Waals surface area contributed by atoms with E-state index in [4.69, 9.17) is 41.9 Å². The van der Waals surface area contributed by atoms with Crippen LogP contribution >= 0.6 is 23.2 Å². The van der Waals surface area contributed by atoms with Gasteiger partial charge in [-0.25, -0.2) is 4.79 Å². The van der Waals surface area contributed by atoms with E-state index >= 15 is 0 Å². The van der Waals surface area contributed by atoms with Crippen LogP contribution in [0.3, 0.4) is 0 Å². The number of aromatic nitrogens is 1. The van der Waals surface area contributed by atoms with Crippen molar-refractivity contribution >= 4 is 41.0 Å². The molecule has 0 aliphatic rings. The SMILES string of the molecule is COC(=O)c1c(-c2c(Cl)cccc2Cl)noc1NC(=O)CCCOc1ccc(OC)cc1. The summed E-state index contributed by atoms with van der Waals surface area (Å²) in [6, 6.07) is 12.0. The molecular formula is C22H20Cl2N2O6. The molecule has 3 aromatic rings. The number of halogens is 2. The van der Waals surface area contributed by atoms with Crippen molar-refractivity contribution in [2.24, 2.45) is 0 Å². The normalized spacial score (nSPS) is 10.5. The Balaban J connectivity index is 1.65. The lowest BCUT2D eigenvalue weighted by Crippen LogP contribution is -2.15. The summed E-state index contributed by atoms with van der Waals surface area (Å²) >= 11 is 12.4. The molecule has 168 valence electrons. The van der Waals surface area contributed by atoms with Crippen LogP contribution in [0.15, 0.2) is 47.0 Å². The number of carbonyl (C=O) groups is 2. The van der Waals surface area contributed by atoms with Gasteiger partial charge in [0.2, 0.25) is 11.8 Å². The van der Waals surface area contributed by atoms with Crippen molar-refractivity contribution in [2.45, 2.75) is 12.8 Å². The summed E-state index contributed by atoms with van der Waals surface area (Å²) < 4.78 is 20.7. The molecule has 0 atom stereocenters.